The van der Waals surface area contributed by atoms with Gasteiger partial charge in [-0.05, 0) is 38.5 Å². The lowest BCUT2D eigenvalue weighted by atomic mass is 9.82. The Kier molecular flexibility index (Phi) is 4.43. The van der Waals surface area contributed by atoms with Gasteiger partial charge in [0.15, 0.2) is 0 Å². The number of carbonyl (C=O) groups is 1. The van der Waals surface area contributed by atoms with Crippen molar-refractivity contribution >= 4 is 5.97 Å². The molecule has 2 aliphatic rings. The van der Waals surface area contributed by atoms with Gasteiger partial charge in [-0.2, -0.15) is 0 Å². The molecule has 17 heavy (non-hydrogen) atoms. The number of hydrogen-bond donors (Lipinski definition) is 1. The Morgan fingerprint density at radius 1 is 0.941 bits per heavy atom. The molecule has 98 valence electrons. The predicted octanol–water partition coefficient (Wildman–Crippen LogP) is 2.91. The van der Waals surface area contributed by atoms with Crippen LogP contribution in [0.2, 0.25) is 0 Å². The summed E-state index contributed by atoms with van der Waals surface area (Å²) < 4.78 is 5.65. The summed E-state index contributed by atoms with van der Waals surface area (Å²) in [6.07, 6.45) is 12.1. The average Bonchev–Trinajstić information content (AvgIpc) is 2.58. The molecule has 0 aromatic heterocycles. The molecule has 0 atom stereocenters. The third-order valence-electron chi connectivity index (χ3n) is 4.23. The molecule has 0 aromatic carbocycles. The molecular formula is C14H25NO2. The first-order valence-corrected chi connectivity index (χ1v) is 7.21. The topological polar surface area (TPSA) is 52.3 Å². The molecule has 2 saturated carbocycles. The zero-order valence-corrected chi connectivity index (χ0v) is 10.7. The van der Waals surface area contributed by atoms with Crippen LogP contribution in [0.1, 0.15) is 70.6 Å². The molecule has 0 radical (unpaired) electrons. The molecule has 3 heteroatoms. The third-order valence-corrected chi connectivity index (χ3v) is 4.23. The summed E-state index contributed by atoms with van der Waals surface area (Å²) in [7, 11) is 0. The van der Waals surface area contributed by atoms with E-state index in [0.717, 1.165) is 38.5 Å². The normalized spacial score (nSPS) is 26.2. The van der Waals surface area contributed by atoms with Gasteiger partial charge in [0.25, 0.3) is 0 Å². The zero-order chi connectivity index (χ0) is 12.1. The Balaban J connectivity index is 1.86. The van der Waals surface area contributed by atoms with Crippen LogP contribution >= 0.6 is 0 Å². The van der Waals surface area contributed by atoms with Gasteiger partial charge in [0.05, 0.1) is 0 Å². The second kappa shape index (κ2) is 5.85. The Bertz CT molecular complexity index is 251. The lowest BCUT2D eigenvalue weighted by Gasteiger charge is -2.32. The minimum atomic E-state index is -0.676. The second-order valence-corrected chi connectivity index (χ2v) is 5.74. The standard InChI is InChI=1S/C14H25NO2/c15-14(10-6-3-7-11-14)13(16)17-12-8-4-1-2-5-9-12/h12H,1-11,15H2. The number of hydrogen-bond acceptors (Lipinski definition) is 3. The number of carbonyl (C=O) groups excluding carboxylic acids is 1. The van der Waals surface area contributed by atoms with Crippen molar-refractivity contribution in [2.24, 2.45) is 5.73 Å². The highest BCUT2D eigenvalue weighted by molar-refractivity contribution is 5.80. The summed E-state index contributed by atoms with van der Waals surface area (Å²) in [6, 6.07) is 0. The maximum atomic E-state index is 12.2. The van der Waals surface area contributed by atoms with Crippen molar-refractivity contribution in [2.75, 3.05) is 0 Å². The van der Waals surface area contributed by atoms with Crippen LogP contribution in [0.4, 0.5) is 0 Å². The average molecular weight is 239 g/mol. The van der Waals surface area contributed by atoms with E-state index in [1.54, 1.807) is 0 Å². The fourth-order valence-electron chi connectivity index (χ4n) is 3.02. The molecule has 0 aromatic rings. The zero-order valence-electron chi connectivity index (χ0n) is 10.7. The highest BCUT2D eigenvalue weighted by Crippen LogP contribution is 2.29. The van der Waals surface area contributed by atoms with E-state index in [2.05, 4.69) is 0 Å². The molecule has 0 bridgehead atoms. The molecule has 2 N–H and O–H groups in total. The van der Waals surface area contributed by atoms with Crippen LogP contribution in [-0.4, -0.2) is 17.6 Å². The molecule has 0 amide bonds. The SMILES string of the molecule is NC1(C(=O)OC2CCCCCC2)CCCCC1. The number of rotatable bonds is 2. The number of ether oxygens (including phenoxy) is 1. The molecule has 0 saturated heterocycles. The van der Waals surface area contributed by atoms with E-state index in [0.29, 0.717) is 0 Å². The highest BCUT2D eigenvalue weighted by Gasteiger charge is 2.38. The maximum Gasteiger partial charge on any atom is 0.326 e. The number of nitrogens with two attached hydrogens (primary N) is 1. The largest absolute Gasteiger partial charge is 0.461 e. The molecular weight excluding hydrogens is 214 g/mol. The van der Waals surface area contributed by atoms with Crippen LogP contribution in [0.5, 0.6) is 0 Å². The molecule has 2 rings (SSSR count). The van der Waals surface area contributed by atoms with Gasteiger partial charge in [-0.1, -0.05) is 32.1 Å². The van der Waals surface area contributed by atoms with Gasteiger partial charge in [0.1, 0.15) is 11.6 Å². The highest BCUT2D eigenvalue weighted by atomic mass is 16.5. The van der Waals surface area contributed by atoms with Gasteiger partial charge in [-0.3, -0.25) is 4.79 Å². The van der Waals surface area contributed by atoms with Gasteiger partial charge in [0.2, 0.25) is 0 Å². The van der Waals surface area contributed by atoms with Crippen LogP contribution in [0, 0.1) is 0 Å². The van der Waals surface area contributed by atoms with Crippen LogP contribution in [0.25, 0.3) is 0 Å². The maximum absolute atomic E-state index is 12.2. The first kappa shape index (κ1) is 12.9. The van der Waals surface area contributed by atoms with Crippen molar-refractivity contribution in [2.45, 2.75) is 82.3 Å². The van der Waals surface area contributed by atoms with Gasteiger partial charge >= 0.3 is 5.97 Å². The van der Waals surface area contributed by atoms with E-state index < -0.39 is 5.54 Å². The van der Waals surface area contributed by atoms with Crippen LogP contribution in [0.3, 0.4) is 0 Å². The summed E-state index contributed by atoms with van der Waals surface area (Å²) in [4.78, 5) is 12.2. The van der Waals surface area contributed by atoms with E-state index in [4.69, 9.17) is 10.5 Å². The van der Waals surface area contributed by atoms with E-state index >= 15 is 0 Å². The third kappa shape index (κ3) is 3.44. The smallest absolute Gasteiger partial charge is 0.326 e. The van der Waals surface area contributed by atoms with Crippen molar-refractivity contribution in [1.82, 2.24) is 0 Å². The Morgan fingerprint density at radius 3 is 2.06 bits per heavy atom. The summed E-state index contributed by atoms with van der Waals surface area (Å²) in [6.45, 7) is 0. The fraction of sp³-hybridized carbons (Fsp3) is 0.929. The molecule has 2 fully saturated rings. The first-order valence-electron chi connectivity index (χ1n) is 7.21. The van der Waals surface area contributed by atoms with Crippen molar-refractivity contribution < 1.29 is 9.53 Å². The predicted molar refractivity (Wildman–Crippen MR) is 67.6 cm³/mol. The Morgan fingerprint density at radius 2 is 1.47 bits per heavy atom. The lowest BCUT2D eigenvalue weighted by Crippen LogP contribution is -2.51. The Hall–Kier alpha value is -0.570. The summed E-state index contributed by atoms with van der Waals surface area (Å²) >= 11 is 0. The quantitative estimate of drug-likeness (QED) is 0.595. The van der Waals surface area contributed by atoms with E-state index in [1.165, 1.54) is 32.1 Å². The van der Waals surface area contributed by atoms with Gasteiger partial charge in [-0.25, -0.2) is 0 Å². The van der Waals surface area contributed by atoms with Crippen LogP contribution in [0.15, 0.2) is 0 Å². The van der Waals surface area contributed by atoms with E-state index in [1.807, 2.05) is 0 Å². The monoisotopic (exact) mass is 239 g/mol. The van der Waals surface area contributed by atoms with E-state index in [-0.39, 0.29) is 12.1 Å². The number of esters is 1. The van der Waals surface area contributed by atoms with Gasteiger partial charge < -0.3 is 10.5 Å². The first-order chi connectivity index (χ1) is 8.21. The van der Waals surface area contributed by atoms with Crippen molar-refractivity contribution in [1.29, 1.82) is 0 Å². The molecule has 2 aliphatic carbocycles. The molecule has 0 unspecified atom stereocenters. The fourth-order valence-corrected chi connectivity index (χ4v) is 3.02. The minimum Gasteiger partial charge on any atom is -0.461 e. The molecule has 0 aliphatic heterocycles. The lowest BCUT2D eigenvalue weighted by molar-refractivity contribution is -0.157. The molecule has 0 heterocycles. The minimum absolute atomic E-state index is 0.132. The Labute approximate surface area is 104 Å². The second-order valence-electron chi connectivity index (χ2n) is 5.74. The summed E-state index contributed by atoms with van der Waals surface area (Å²) in [5.41, 5.74) is 5.51. The van der Waals surface area contributed by atoms with Gasteiger partial charge in [0, 0.05) is 0 Å². The van der Waals surface area contributed by atoms with Crippen molar-refractivity contribution in [3.63, 3.8) is 0 Å². The van der Waals surface area contributed by atoms with Crippen LogP contribution < -0.4 is 5.73 Å². The van der Waals surface area contributed by atoms with E-state index in [9.17, 15) is 4.79 Å². The van der Waals surface area contributed by atoms with Crippen LogP contribution in [-0.2, 0) is 9.53 Å². The van der Waals surface area contributed by atoms with Gasteiger partial charge in [-0.15, -0.1) is 0 Å². The van der Waals surface area contributed by atoms with Crippen molar-refractivity contribution in [3.05, 3.63) is 0 Å². The van der Waals surface area contributed by atoms with Crippen molar-refractivity contribution in [3.8, 4) is 0 Å². The summed E-state index contributed by atoms with van der Waals surface area (Å²) in [5.74, 6) is -0.135. The molecule has 3 nitrogen and oxygen atoms in total. The summed E-state index contributed by atoms with van der Waals surface area (Å²) in [5, 5.41) is 0. The molecule has 0 spiro atoms.